The summed E-state index contributed by atoms with van der Waals surface area (Å²) in [6.45, 7) is 4.61. The van der Waals surface area contributed by atoms with E-state index in [2.05, 4.69) is 34.2 Å². The van der Waals surface area contributed by atoms with Crippen molar-refractivity contribution in [3.63, 3.8) is 0 Å². The predicted molar refractivity (Wildman–Crippen MR) is 126 cm³/mol. The Morgan fingerprint density at radius 2 is 2.03 bits per heavy atom. The van der Waals surface area contributed by atoms with Crippen LogP contribution in [0, 0.1) is 0 Å². The van der Waals surface area contributed by atoms with Crippen LogP contribution in [-0.2, 0) is 24.2 Å². The Balaban J connectivity index is 1.64. The van der Waals surface area contributed by atoms with Crippen LogP contribution in [0.25, 0.3) is 0 Å². The lowest BCUT2D eigenvalue weighted by Gasteiger charge is -2.27. The number of nitrogens with zero attached hydrogens (tertiary/aromatic N) is 2. The number of fused-ring (bicyclic) bond motifs is 1. The molecule has 0 unspecified atom stereocenters. The van der Waals surface area contributed by atoms with E-state index in [1.807, 2.05) is 6.07 Å². The molecule has 0 fully saturated rings. The number of carbonyl (C=O) groups is 1. The average Bonchev–Trinajstić information content (AvgIpc) is 3.17. The number of carbonyl (C=O) groups excluding carboxylic acids is 1. The van der Waals surface area contributed by atoms with E-state index in [0.717, 1.165) is 36.5 Å². The number of methoxy groups -OCH3 is 1. The maximum atomic E-state index is 12.8. The summed E-state index contributed by atoms with van der Waals surface area (Å²) < 4.78 is 10.5. The lowest BCUT2D eigenvalue weighted by molar-refractivity contribution is 0.0526. The van der Waals surface area contributed by atoms with Crippen LogP contribution in [0.4, 0.5) is 5.00 Å². The molecule has 0 amide bonds. The third kappa shape index (κ3) is 4.69. The number of phenols is 1. The van der Waals surface area contributed by atoms with E-state index in [1.165, 1.54) is 24.0 Å². The summed E-state index contributed by atoms with van der Waals surface area (Å²) in [6, 6.07) is 15.6. The minimum absolute atomic E-state index is 0.0202. The largest absolute Gasteiger partial charge is 0.504 e. The average molecular weight is 451 g/mol. The molecule has 0 saturated heterocycles. The summed E-state index contributed by atoms with van der Waals surface area (Å²) in [6.07, 6.45) is 2.34. The van der Waals surface area contributed by atoms with Gasteiger partial charge in [-0.25, -0.2) is 9.79 Å². The number of hydrogen-bond acceptors (Lipinski definition) is 7. The Morgan fingerprint density at radius 3 is 2.78 bits per heavy atom. The lowest BCUT2D eigenvalue weighted by Crippen LogP contribution is -2.29. The first-order valence-corrected chi connectivity index (χ1v) is 11.4. The molecule has 0 saturated carbocycles. The van der Waals surface area contributed by atoms with Crippen LogP contribution in [0.2, 0.25) is 0 Å². The third-order valence-corrected chi connectivity index (χ3v) is 6.54. The summed E-state index contributed by atoms with van der Waals surface area (Å²) in [7, 11) is 1.50. The number of phenolic OH excluding ortho intramolecular Hbond substituents is 1. The molecule has 2 heterocycles. The molecule has 32 heavy (non-hydrogen) atoms. The second-order valence-corrected chi connectivity index (χ2v) is 8.59. The maximum Gasteiger partial charge on any atom is 0.341 e. The first-order valence-electron chi connectivity index (χ1n) is 10.6. The fourth-order valence-electron chi connectivity index (χ4n) is 3.86. The van der Waals surface area contributed by atoms with Gasteiger partial charge in [0.1, 0.15) is 5.00 Å². The molecule has 1 aromatic heterocycles. The summed E-state index contributed by atoms with van der Waals surface area (Å²) >= 11 is 1.51. The van der Waals surface area contributed by atoms with Crippen LogP contribution in [-0.4, -0.2) is 42.5 Å². The molecule has 6 nitrogen and oxygen atoms in total. The highest BCUT2D eigenvalue weighted by Gasteiger charge is 2.28. The van der Waals surface area contributed by atoms with Crippen molar-refractivity contribution in [3.05, 3.63) is 75.7 Å². The van der Waals surface area contributed by atoms with Crippen molar-refractivity contribution in [1.82, 2.24) is 4.90 Å². The molecule has 4 rings (SSSR count). The van der Waals surface area contributed by atoms with Gasteiger partial charge < -0.3 is 14.6 Å². The quantitative estimate of drug-likeness (QED) is 0.407. The molecule has 1 N–H and O–H groups in total. The Kier molecular flexibility index (Phi) is 6.87. The molecule has 2 aromatic carbocycles. The number of benzene rings is 2. The number of aromatic hydroxyl groups is 1. The Labute approximate surface area is 191 Å². The molecule has 1 aliphatic heterocycles. The molecule has 0 atom stereocenters. The number of thiophene rings is 1. The Morgan fingerprint density at radius 1 is 1.22 bits per heavy atom. The Hall–Kier alpha value is -3.16. The van der Waals surface area contributed by atoms with Gasteiger partial charge in [0.15, 0.2) is 11.5 Å². The first-order chi connectivity index (χ1) is 15.6. The SMILES string of the molecule is CCOC(=O)c1c(N=Cc2cccc(OC)c2O)sc2c1CCN(Cc1ccccc1)C2. The van der Waals surface area contributed by atoms with Gasteiger partial charge in [0.05, 0.1) is 19.3 Å². The van der Waals surface area contributed by atoms with Crippen molar-refractivity contribution in [2.75, 3.05) is 20.3 Å². The van der Waals surface area contributed by atoms with Gasteiger partial charge in [-0.3, -0.25) is 4.90 Å². The highest BCUT2D eigenvalue weighted by molar-refractivity contribution is 7.16. The van der Waals surface area contributed by atoms with Gasteiger partial charge in [-0.1, -0.05) is 36.4 Å². The molecule has 0 aliphatic carbocycles. The van der Waals surface area contributed by atoms with Gasteiger partial charge in [0.2, 0.25) is 0 Å². The van der Waals surface area contributed by atoms with Crippen LogP contribution in [0.15, 0.2) is 53.5 Å². The smallest absolute Gasteiger partial charge is 0.341 e. The molecular weight excluding hydrogens is 424 g/mol. The highest BCUT2D eigenvalue weighted by Crippen LogP contribution is 2.40. The highest BCUT2D eigenvalue weighted by atomic mass is 32.1. The predicted octanol–water partition coefficient (Wildman–Crippen LogP) is 4.95. The number of para-hydroxylation sites is 1. The topological polar surface area (TPSA) is 71.4 Å². The zero-order valence-electron chi connectivity index (χ0n) is 18.2. The monoisotopic (exact) mass is 450 g/mol. The zero-order valence-corrected chi connectivity index (χ0v) is 19.0. The minimum atomic E-state index is -0.344. The standard InChI is InChI=1S/C25H26N2O4S/c1-3-31-25(29)22-19-12-13-27(15-17-8-5-4-6-9-17)16-21(19)32-24(22)26-14-18-10-7-11-20(30-2)23(18)28/h4-11,14,28H,3,12-13,15-16H2,1-2H3. The van der Waals surface area contributed by atoms with Gasteiger partial charge in [-0.15, -0.1) is 11.3 Å². The second kappa shape index (κ2) is 9.97. The van der Waals surface area contributed by atoms with Gasteiger partial charge in [0, 0.05) is 36.3 Å². The fourth-order valence-corrected chi connectivity index (χ4v) is 5.08. The van der Waals surface area contributed by atoms with Crippen molar-refractivity contribution in [2.45, 2.75) is 26.4 Å². The van der Waals surface area contributed by atoms with Crippen LogP contribution in [0.1, 0.15) is 38.8 Å². The van der Waals surface area contributed by atoms with E-state index < -0.39 is 0 Å². The number of hydrogen-bond donors (Lipinski definition) is 1. The van der Waals surface area contributed by atoms with E-state index in [1.54, 1.807) is 31.3 Å². The Bertz CT molecular complexity index is 1120. The molecule has 0 radical (unpaired) electrons. The van der Waals surface area contributed by atoms with Gasteiger partial charge in [-0.05, 0) is 36.6 Å². The lowest BCUT2D eigenvalue weighted by atomic mass is 10.0. The van der Waals surface area contributed by atoms with Crippen molar-refractivity contribution in [2.24, 2.45) is 4.99 Å². The fraction of sp³-hybridized carbons (Fsp3) is 0.280. The normalized spacial score (nSPS) is 13.8. The van der Waals surface area contributed by atoms with Crippen LogP contribution < -0.4 is 4.74 Å². The summed E-state index contributed by atoms with van der Waals surface area (Å²) in [4.78, 5) is 20.9. The number of ether oxygens (including phenoxy) is 2. The summed E-state index contributed by atoms with van der Waals surface area (Å²) in [5, 5.41) is 11.0. The van der Waals surface area contributed by atoms with Crippen molar-refractivity contribution < 1.29 is 19.4 Å². The molecular formula is C25H26N2O4S. The third-order valence-electron chi connectivity index (χ3n) is 5.42. The molecule has 1 aliphatic rings. The first kappa shape index (κ1) is 22.0. The van der Waals surface area contributed by atoms with E-state index in [-0.39, 0.29) is 11.7 Å². The van der Waals surface area contributed by atoms with Crippen LogP contribution in [0.3, 0.4) is 0 Å². The maximum absolute atomic E-state index is 12.8. The van der Waals surface area contributed by atoms with Gasteiger partial charge in [0.25, 0.3) is 0 Å². The molecule has 0 spiro atoms. The number of aliphatic imine (C=N–C) groups is 1. The summed E-state index contributed by atoms with van der Waals surface area (Å²) in [5.41, 5.74) is 3.37. The molecule has 166 valence electrons. The van der Waals surface area contributed by atoms with E-state index in [9.17, 15) is 9.90 Å². The van der Waals surface area contributed by atoms with E-state index >= 15 is 0 Å². The van der Waals surface area contributed by atoms with E-state index in [0.29, 0.717) is 28.5 Å². The van der Waals surface area contributed by atoms with E-state index in [4.69, 9.17) is 9.47 Å². The minimum Gasteiger partial charge on any atom is -0.504 e. The molecule has 7 heteroatoms. The zero-order chi connectivity index (χ0) is 22.5. The van der Waals surface area contributed by atoms with Gasteiger partial charge in [-0.2, -0.15) is 0 Å². The summed E-state index contributed by atoms with van der Waals surface area (Å²) in [5.74, 6) is 0.0527. The van der Waals surface area contributed by atoms with Crippen molar-refractivity contribution in [3.8, 4) is 11.5 Å². The molecule has 0 bridgehead atoms. The molecule has 3 aromatic rings. The van der Waals surface area contributed by atoms with Crippen molar-refractivity contribution in [1.29, 1.82) is 0 Å². The number of rotatable bonds is 7. The van der Waals surface area contributed by atoms with Crippen LogP contribution >= 0.6 is 11.3 Å². The second-order valence-electron chi connectivity index (χ2n) is 7.51. The van der Waals surface area contributed by atoms with Gasteiger partial charge >= 0.3 is 5.97 Å². The number of esters is 1. The van der Waals surface area contributed by atoms with Crippen molar-refractivity contribution >= 4 is 28.5 Å². The van der Waals surface area contributed by atoms with Crippen LogP contribution in [0.5, 0.6) is 11.5 Å².